The number of hydrogen-bond donors (Lipinski definition) is 0. The molecule has 0 radical (unpaired) electrons. The Balaban J connectivity index is 1.18. The first kappa shape index (κ1) is 44.1. The molecule has 0 aliphatic rings. The quantitative estimate of drug-likeness (QED) is 0.0388. The molecule has 0 aliphatic heterocycles. The van der Waals surface area contributed by atoms with Gasteiger partial charge in [-0.15, -0.1) is 0 Å². The third kappa shape index (κ3) is 15.4. The SMILES string of the molecule is CCCCN(C/C=C/CCCCN(Cc1ccc(OC)cc1)c1cc(CCCCN(Cc2ccc(OC)cc2)Cc2ccco2)cc(OC)c1)Cc1ccc(C)cc1. The van der Waals surface area contributed by atoms with Gasteiger partial charge in [-0.05, 0) is 136 Å². The smallest absolute Gasteiger partial charge is 0.121 e. The van der Waals surface area contributed by atoms with Gasteiger partial charge in [-0.1, -0.05) is 79.6 Å². The van der Waals surface area contributed by atoms with Crippen LogP contribution >= 0.6 is 0 Å². The summed E-state index contributed by atoms with van der Waals surface area (Å²) in [5.74, 6) is 3.66. The Morgan fingerprint density at radius 2 is 1.17 bits per heavy atom. The van der Waals surface area contributed by atoms with Gasteiger partial charge < -0.3 is 23.5 Å². The van der Waals surface area contributed by atoms with Crippen molar-refractivity contribution in [2.45, 2.75) is 91.4 Å². The van der Waals surface area contributed by atoms with Crippen LogP contribution in [0.4, 0.5) is 5.69 Å². The second-order valence-electron chi connectivity index (χ2n) is 15.4. The van der Waals surface area contributed by atoms with E-state index in [2.05, 4.69) is 126 Å². The summed E-state index contributed by atoms with van der Waals surface area (Å²) in [5, 5.41) is 0. The Kier molecular flexibility index (Phi) is 18.8. The molecule has 4 aromatic carbocycles. The van der Waals surface area contributed by atoms with Crippen LogP contribution in [-0.2, 0) is 32.6 Å². The van der Waals surface area contributed by atoms with Crippen LogP contribution in [0, 0.1) is 6.92 Å². The summed E-state index contributed by atoms with van der Waals surface area (Å²) in [6.07, 6.45) is 15.4. The number of nitrogens with zero attached hydrogens (tertiary/aromatic N) is 3. The van der Waals surface area contributed by atoms with Gasteiger partial charge in [0.25, 0.3) is 0 Å². The van der Waals surface area contributed by atoms with Gasteiger partial charge >= 0.3 is 0 Å². The average molecular weight is 786 g/mol. The monoisotopic (exact) mass is 786 g/mol. The molecule has 5 aromatic rings. The summed E-state index contributed by atoms with van der Waals surface area (Å²) in [4.78, 5) is 7.56. The van der Waals surface area contributed by atoms with Crippen molar-refractivity contribution in [3.05, 3.63) is 155 Å². The van der Waals surface area contributed by atoms with Crippen molar-refractivity contribution < 1.29 is 18.6 Å². The van der Waals surface area contributed by atoms with Gasteiger partial charge in [-0.2, -0.15) is 0 Å². The maximum absolute atomic E-state index is 5.88. The predicted octanol–water partition coefficient (Wildman–Crippen LogP) is 11.7. The number of unbranched alkanes of at least 4 members (excludes halogenated alkanes) is 4. The molecular formula is C51H67N3O4. The van der Waals surface area contributed by atoms with Gasteiger partial charge in [0.1, 0.15) is 23.0 Å². The van der Waals surface area contributed by atoms with Crippen molar-refractivity contribution >= 4 is 5.69 Å². The average Bonchev–Trinajstić information content (AvgIpc) is 3.77. The highest BCUT2D eigenvalue weighted by atomic mass is 16.5. The summed E-state index contributed by atoms with van der Waals surface area (Å²) in [6, 6.07) is 36.6. The zero-order valence-corrected chi connectivity index (χ0v) is 35.8. The number of ether oxygens (including phenoxy) is 3. The number of anilines is 1. The zero-order chi connectivity index (χ0) is 40.8. The highest BCUT2D eigenvalue weighted by Crippen LogP contribution is 2.28. The van der Waals surface area contributed by atoms with Gasteiger partial charge in [0, 0.05) is 44.5 Å². The number of benzene rings is 4. The molecule has 1 aromatic heterocycles. The molecule has 0 unspecified atom stereocenters. The van der Waals surface area contributed by atoms with E-state index in [-0.39, 0.29) is 0 Å². The Morgan fingerprint density at radius 3 is 1.81 bits per heavy atom. The van der Waals surface area contributed by atoms with E-state index in [1.807, 2.05) is 18.2 Å². The van der Waals surface area contributed by atoms with E-state index >= 15 is 0 Å². The van der Waals surface area contributed by atoms with Crippen molar-refractivity contribution in [3.8, 4) is 17.2 Å². The first-order chi connectivity index (χ1) is 28.4. The molecule has 0 saturated carbocycles. The molecule has 58 heavy (non-hydrogen) atoms. The standard InChI is InChI=1S/C51H67N3O4/c1-6-7-30-52(38-43-20-18-42(2)19-21-43)31-12-9-8-10-13-33-54(40-45-24-28-49(56-4)29-25-45)47-35-46(36-51(37-47)57-5)16-11-14-32-53(41-50-17-15-34-58-50)39-44-22-26-48(55-3)27-23-44/h9,12,15,17-29,34-37H,6-8,10-11,13-14,16,30-33,38-41H2,1-5H3/b12-9+. The van der Waals surface area contributed by atoms with E-state index in [0.717, 1.165) is 114 Å². The molecule has 0 amide bonds. The van der Waals surface area contributed by atoms with Crippen molar-refractivity contribution in [2.75, 3.05) is 52.4 Å². The molecule has 1 heterocycles. The van der Waals surface area contributed by atoms with Crippen molar-refractivity contribution in [2.24, 2.45) is 0 Å². The zero-order valence-electron chi connectivity index (χ0n) is 35.8. The minimum atomic E-state index is 0.782. The van der Waals surface area contributed by atoms with E-state index in [0.29, 0.717) is 0 Å². The molecule has 0 N–H and O–H groups in total. The maximum atomic E-state index is 5.88. The van der Waals surface area contributed by atoms with Crippen LogP contribution in [-0.4, -0.2) is 57.3 Å². The summed E-state index contributed by atoms with van der Waals surface area (Å²) < 4.78 is 22.5. The Morgan fingerprint density at radius 1 is 0.552 bits per heavy atom. The van der Waals surface area contributed by atoms with Crippen LogP contribution in [0.25, 0.3) is 0 Å². The second kappa shape index (κ2) is 24.7. The van der Waals surface area contributed by atoms with Crippen LogP contribution < -0.4 is 19.1 Å². The Bertz CT molecular complexity index is 1870. The molecule has 0 aliphatic carbocycles. The van der Waals surface area contributed by atoms with E-state index in [1.54, 1.807) is 27.6 Å². The van der Waals surface area contributed by atoms with Gasteiger partial charge in [0.05, 0.1) is 34.1 Å². The first-order valence-corrected chi connectivity index (χ1v) is 21.3. The lowest BCUT2D eigenvalue weighted by Gasteiger charge is -2.26. The van der Waals surface area contributed by atoms with Gasteiger partial charge in [-0.3, -0.25) is 9.80 Å². The number of methoxy groups -OCH3 is 3. The van der Waals surface area contributed by atoms with Crippen LogP contribution in [0.2, 0.25) is 0 Å². The first-order valence-electron chi connectivity index (χ1n) is 21.3. The fourth-order valence-electron chi connectivity index (χ4n) is 7.30. The van der Waals surface area contributed by atoms with Gasteiger partial charge in [0.2, 0.25) is 0 Å². The number of furan rings is 1. The molecule has 0 saturated heterocycles. The van der Waals surface area contributed by atoms with Crippen LogP contribution in [0.5, 0.6) is 17.2 Å². The molecule has 0 atom stereocenters. The normalized spacial score (nSPS) is 11.5. The minimum absolute atomic E-state index is 0.782. The van der Waals surface area contributed by atoms with Gasteiger partial charge in [0.15, 0.2) is 0 Å². The van der Waals surface area contributed by atoms with Crippen LogP contribution in [0.15, 0.2) is 126 Å². The maximum Gasteiger partial charge on any atom is 0.121 e. The third-order valence-corrected chi connectivity index (χ3v) is 10.7. The summed E-state index contributed by atoms with van der Waals surface area (Å²) >= 11 is 0. The molecule has 0 bridgehead atoms. The summed E-state index contributed by atoms with van der Waals surface area (Å²) in [6.45, 7) is 12.0. The molecule has 310 valence electrons. The second-order valence-corrected chi connectivity index (χ2v) is 15.4. The minimum Gasteiger partial charge on any atom is -0.497 e. The third-order valence-electron chi connectivity index (χ3n) is 10.7. The molecule has 7 nitrogen and oxygen atoms in total. The Labute approximate surface area is 349 Å². The highest BCUT2D eigenvalue weighted by Gasteiger charge is 2.13. The summed E-state index contributed by atoms with van der Waals surface area (Å²) in [5.41, 5.74) is 7.75. The number of aryl methyl sites for hydroxylation is 2. The van der Waals surface area contributed by atoms with E-state index < -0.39 is 0 Å². The van der Waals surface area contributed by atoms with Crippen molar-refractivity contribution in [1.29, 1.82) is 0 Å². The van der Waals surface area contributed by atoms with Crippen LogP contribution in [0.1, 0.15) is 85.4 Å². The van der Waals surface area contributed by atoms with Crippen molar-refractivity contribution in [3.63, 3.8) is 0 Å². The van der Waals surface area contributed by atoms with E-state index in [4.69, 9.17) is 18.6 Å². The largest absolute Gasteiger partial charge is 0.497 e. The molecule has 0 fully saturated rings. The molecular weight excluding hydrogens is 719 g/mol. The number of rotatable bonds is 27. The molecule has 0 spiro atoms. The lowest BCUT2D eigenvalue weighted by Crippen LogP contribution is -2.24. The van der Waals surface area contributed by atoms with Gasteiger partial charge in [-0.25, -0.2) is 0 Å². The van der Waals surface area contributed by atoms with E-state index in [1.165, 1.54) is 46.3 Å². The van der Waals surface area contributed by atoms with Crippen LogP contribution in [0.3, 0.4) is 0 Å². The van der Waals surface area contributed by atoms with Crippen molar-refractivity contribution in [1.82, 2.24) is 9.80 Å². The van der Waals surface area contributed by atoms with E-state index in [9.17, 15) is 0 Å². The fourth-order valence-corrected chi connectivity index (χ4v) is 7.30. The predicted molar refractivity (Wildman–Crippen MR) is 240 cm³/mol. The summed E-state index contributed by atoms with van der Waals surface area (Å²) in [7, 11) is 5.20. The Hall–Kier alpha value is -4.98. The topological polar surface area (TPSA) is 50.6 Å². The highest BCUT2D eigenvalue weighted by molar-refractivity contribution is 5.54. The number of hydrogen-bond acceptors (Lipinski definition) is 7. The molecule has 5 rings (SSSR count). The fraction of sp³-hybridized carbons (Fsp3) is 0.412. The lowest BCUT2D eigenvalue weighted by atomic mass is 10.0. The lowest BCUT2D eigenvalue weighted by molar-refractivity contribution is 0.231. The number of allylic oxidation sites excluding steroid dienone is 1. The molecule has 7 heteroatoms.